The number of nitrogens with two attached hydrogens (primary N) is 1. The Balaban J connectivity index is 2.76. The molecule has 0 aliphatic rings. The number of rotatable bonds is 1. The number of nitrogen functional groups attached to an aromatic ring is 1. The van der Waals surface area contributed by atoms with E-state index in [2.05, 4.69) is 14.8 Å². The Morgan fingerprint density at radius 1 is 1.60 bits per heavy atom. The van der Waals surface area contributed by atoms with Crippen molar-refractivity contribution in [2.75, 3.05) is 12.8 Å². The van der Waals surface area contributed by atoms with Crippen LogP contribution in [0.4, 0.5) is 5.82 Å². The lowest BCUT2D eigenvalue weighted by Gasteiger charge is -1.99. The molecule has 2 heterocycles. The van der Waals surface area contributed by atoms with E-state index >= 15 is 0 Å². The van der Waals surface area contributed by atoms with Crippen LogP contribution in [-0.4, -0.2) is 27.7 Å². The van der Waals surface area contributed by atoms with Gasteiger partial charge in [-0.1, -0.05) is 11.6 Å². The summed E-state index contributed by atoms with van der Waals surface area (Å²) in [4.78, 5) is 15.3. The normalized spacial score (nSPS) is 10.5. The van der Waals surface area contributed by atoms with Crippen molar-refractivity contribution in [1.29, 1.82) is 0 Å². The van der Waals surface area contributed by atoms with Crippen molar-refractivity contribution in [3.63, 3.8) is 0 Å². The number of hydrogen-bond donors (Lipinski definition) is 1. The monoisotopic (exact) mass is 226 g/mol. The van der Waals surface area contributed by atoms with E-state index in [-0.39, 0.29) is 16.7 Å². The summed E-state index contributed by atoms with van der Waals surface area (Å²) in [5, 5.41) is 4.15. The highest BCUT2D eigenvalue weighted by Crippen LogP contribution is 2.16. The lowest BCUT2D eigenvalue weighted by molar-refractivity contribution is 0.0592. The summed E-state index contributed by atoms with van der Waals surface area (Å²) in [5.41, 5.74) is 6.08. The van der Waals surface area contributed by atoms with Gasteiger partial charge in [0.25, 0.3) is 0 Å². The molecular formula is C8H7ClN4O2. The lowest BCUT2D eigenvalue weighted by Crippen LogP contribution is -2.09. The second kappa shape index (κ2) is 3.39. The number of hydrogen-bond acceptors (Lipinski definition) is 5. The van der Waals surface area contributed by atoms with Crippen molar-refractivity contribution in [2.45, 2.75) is 0 Å². The number of imidazole rings is 1. The van der Waals surface area contributed by atoms with Gasteiger partial charge >= 0.3 is 5.97 Å². The van der Waals surface area contributed by atoms with Crippen LogP contribution >= 0.6 is 11.6 Å². The van der Waals surface area contributed by atoms with Crippen LogP contribution in [-0.2, 0) is 4.74 Å². The van der Waals surface area contributed by atoms with Gasteiger partial charge in [0.05, 0.1) is 7.11 Å². The third-order valence-corrected chi connectivity index (χ3v) is 2.05. The summed E-state index contributed by atoms with van der Waals surface area (Å²) < 4.78 is 5.81. The summed E-state index contributed by atoms with van der Waals surface area (Å²) in [6.45, 7) is 0. The van der Waals surface area contributed by atoms with Crippen LogP contribution < -0.4 is 5.73 Å². The van der Waals surface area contributed by atoms with Crippen LogP contribution in [0.2, 0.25) is 5.15 Å². The lowest BCUT2D eigenvalue weighted by atomic mass is 10.4. The number of methoxy groups -OCH3 is 1. The summed E-state index contributed by atoms with van der Waals surface area (Å²) in [7, 11) is 1.26. The molecule has 2 N–H and O–H groups in total. The second-order valence-electron chi connectivity index (χ2n) is 2.76. The molecule has 0 amide bonds. The van der Waals surface area contributed by atoms with Crippen molar-refractivity contribution in [1.82, 2.24) is 14.6 Å². The van der Waals surface area contributed by atoms with Gasteiger partial charge in [0.2, 0.25) is 0 Å². The number of halogens is 1. The molecule has 7 heteroatoms. The minimum absolute atomic E-state index is 0.0663. The maximum atomic E-state index is 11.4. The smallest absolute Gasteiger partial charge is 0.360 e. The maximum Gasteiger partial charge on any atom is 0.360 e. The molecule has 0 saturated carbocycles. The van der Waals surface area contributed by atoms with Crippen molar-refractivity contribution < 1.29 is 9.53 Å². The Labute approximate surface area is 89.6 Å². The first-order valence-electron chi connectivity index (χ1n) is 4.02. The molecule has 0 aliphatic heterocycles. The van der Waals surface area contributed by atoms with E-state index < -0.39 is 5.97 Å². The fourth-order valence-corrected chi connectivity index (χ4v) is 1.35. The summed E-state index contributed by atoms with van der Waals surface area (Å²) in [6.07, 6.45) is 0. The Hall–Kier alpha value is -1.82. The van der Waals surface area contributed by atoms with Crippen LogP contribution in [0.25, 0.3) is 5.65 Å². The highest BCUT2D eigenvalue weighted by atomic mass is 35.5. The molecule has 2 aromatic heterocycles. The van der Waals surface area contributed by atoms with E-state index in [9.17, 15) is 4.79 Å². The van der Waals surface area contributed by atoms with Crippen LogP contribution in [0.1, 0.15) is 10.5 Å². The average molecular weight is 227 g/mol. The maximum absolute atomic E-state index is 11.4. The van der Waals surface area contributed by atoms with Gasteiger partial charge in [0, 0.05) is 0 Å². The number of carbonyl (C=O) groups is 1. The van der Waals surface area contributed by atoms with E-state index in [1.807, 2.05) is 0 Å². The Morgan fingerprint density at radius 2 is 2.33 bits per heavy atom. The number of esters is 1. The minimum atomic E-state index is -0.602. The highest BCUT2D eigenvalue weighted by Gasteiger charge is 2.18. The SMILES string of the molecule is COC(=O)c1c(N)nc2ccc(Cl)nn12. The fraction of sp³-hybridized carbons (Fsp3) is 0.125. The molecule has 0 fully saturated rings. The van der Waals surface area contributed by atoms with Crippen LogP contribution in [0.3, 0.4) is 0 Å². The molecule has 0 radical (unpaired) electrons. The van der Waals surface area contributed by atoms with Gasteiger partial charge in [-0.2, -0.15) is 5.10 Å². The van der Waals surface area contributed by atoms with Crippen molar-refractivity contribution in [2.24, 2.45) is 0 Å². The van der Waals surface area contributed by atoms with E-state index in [4.69, 9.17) is 17.3 Å². The molecule has 0 atom stereocenters. The van der Waals surface area contributed by atoms with Gasteiger partial charge in [-0.05, 0) is 12.1 Å². The van der Waals surface area contributed by atoms with Gasteiger partial charge in [0.15, 0.2) is 17.2 Å². The zero-order valence-corrected chi connectivity index (χ0v) is 8.52. The Morgan fingerprint density at radius 3 is 3.00 bits per heavy atom. The summed E-state index contributed by atoms with van der Waals surface area (Å²) in [5.74, 6) is -0.536. The Kier molecular flexibility index (Phi) is 2.20. The number of carbonyl (C=O) groups excluding carboxylic acids is 1. The van der Waals surface area contributed by atoms with Crippen LogP contribution in [0.5, 0.6) is 0 Å². The third-order valence-electron chi connectivity index (χ3n) is 1.85. The average Bonchev–Trinajstić information content (AvgIpc) is 2.52. The van der Waals surface area contributed by atoms with Crippen molar-refractivity contribution in [3.05, 3.63) is 23.0 Å². The number of ether oxygens (including phenoxy) is 1. The molecule has 0 aromatic carbocycles. The minimum Gasteiger partial charge on any atom is -0.464 e. The predicted molar refractivity (Wildman–Crippen MR) is 53.7 cm³/mol. The van der Waals surface area contributed by atoms with E-state index in [0.717, 1.165) is 0 Å². The molecule has 2 aromatic rings. The van der Waals surface area contributed by atoms with Gasteiger partial charge in [0.1, 0.15) is 5.15 Å². The molecule has 0 bridgehead atoms. The predicted octanol–water partition coefficient (Wildman–Crippen LogP) is 0.752. The van der Waals surface area contributed by atoms with Crippen molar-refractivity contribution >= 4 is 29.0 Å². The molecule has 0 aliphatic carbocycles. The highest BCUT2D eigenvalue weighted by molar-refractivity contribution is 6.29. The second-order valence-corrected chi connectivity index (χ2v) is 3.15. The molecular weight excluding hydrogens is 220 g/mol. The standard InChI is InChI=1S/C8H7ClN4O2/c1-15-8(14)6-7(10)11-5-3-2-4(9)12-13(5)6/h2-3H,10H2,1H3. The summed E-state index contributed by atoms with van der Waals surface area (Å²) in [6, 6.07) is 3.17. The summed E-state index contributed by atoms with van der Waals surface area (Å²) >= 11 is 5.70. The van der Waals surface area contributed by atoms with Gasteiger partial charge in [-0.3, -0.25) is 0 Å². The van der Waals surface area contributed by atoms with Crippen LogP contribution in [0, 0.1) is 0 Å². The molecule has 0 unspecified atom stereocenters. The van der Waals surface area contributed by atoms with Crippen LogP contribution in [0.15, 0.2) is 12.1 Å². The topological polar surface area (TPSA) is 82.5 Å². The first kappa shape index (κ1) is 9.72. The molecule has 78 valence electrons. The Bertz CT molecular complexity index is 537. The quantitative estimate of drug-likeness (QED) is 0.726. The zero-order valence-electron chi connectivity index (χ0n) is 7.77. The number of fused-ring (bicyclic) bond motifs is 1. The third kappa shape index (κ3) is 1.48. The zero-order chi connectivity index (χ0) is 11.0. The largest absolute Gasteiger partial charge is 0.464 e. The first-order valence-corrected chi connectivity index (χ1v) is 4.40. The van der Waals surface area contributed by atoms with Crippen molar-refractivity contribution in [3.8, 4) is 0 Å². The number of aromatic nitrogens is 3. The molecule has 0 saturated heterocycles. The van der Waals surface area contributed by atoms with Gasteiger partial charge in [-0.25, -0.2) is 14.3 Å². The molecule has 0 spiro atoms. The van der Waals surface area contributed by atoms with Gasteiger partial charge < -0.3 is 10.5 Å². The van der Waals surface area contributed by atoms with E-state index in [1.165, 1.54) is 11.6 Å². The number of anilines is 1. The molecule has 15 heavy (non-hydrogen) atoms. The van der Waals surface area contributed by atoms with Gasteiger partial charge in [-0.15, -0.1) is 0 Å². The molecule has 6 nitrogen and oxygen atoms in total. The fourth-order valence-electron chi connectivity index (χ4n) is 1.22. The number of nitrogens with zero attached hydrogens (tertiary/aromatic N) is 3. The van der Waals surface area contributed by atoms with E-state index in [0.29, 0.717) is 5.65 Å². The van der Waals surface area contributed by atoms with E-state index in [1.54, 1.807) is 12.1 Å². The molecule has 2 rings (SSSR count). The first-order chi connectivity index (χ1) is 7.13.